The highest BCUT2D eigenvalue weighted by molar-refractivity contribution is 5.79. The highest BCUT2D eigenvalue weighted by atomic mass is 16.5. The Kier molecular flexibility index (Phi) is 4.78. The van der Waals surface area contributed by atoms with Crippen LogP contribution >= 0.6 is 0 Å². The van der Waals surface area contributed by atoms with E-state index in [0.717, 1.165) is 0 Å². The Morgan fingerprint density at radius 1 is 1.53 bits per heavy atom. The molecular weight excluding hydrogens is 222 g/mol. The minimum Gasteiger partial charge on any atom is -0.493 e. The predicted molar refractivity (Wildman–Crippen MR) is 62.8 cm³/mol. The zero-order valence-corrected chi connectivity index (χ0v) is 9.97. The molecule has 1 aromatic carbocycles. The summed E-state index contributed by atoms with van der Waals surface area (Å²) in [5.74, 6) is 0.293. The summed E-state index contributed by atoms with van der Waals surface area (Å²) in [6.45, 7) is 1.60. The van der Waals surface area contributed by atoms with Gasteiger partial charge in [-0.05, 0) is 12.5 Å². The molecule has 0 saturated carbocycles. The first-order valence-corrected chi connectivity index (χ1v) is 5.36. The fourth-order valence-corrected chi connectivity index (χ4v) is 1.47. The Hall–Kier alpha value is -1.75. The molecule has 0 spiro atoms. The van der Waals surface area contributed by atoms with Gasteiger partial charge in [0.25, 0.3) is 5.91 Å². The van der Waals surface area contributed by atoms with Crippen molar-refractivity contribution in [2.45, 2.75) is 26.1 Å². The molecule has 0 bridgehead atoms. The van der Waals surface area contributed by atoms with Crippen molar-refractivity contribution in [3.8, 4) is 11.5 Å². The second kappa shape index (κ2) is 6.10. The Labute approximate surface area is 100 Å². The van der Waals surface area contributed by atoms with E-state index in [4.69, 9.17) is 15.2 Å². The molecule has 1 amide bonds. The van der Waals surface area contributed by atoms with Gasteiger partial charge >= 0.3 is 0 Å². The molecule has 0 radical (unpaired) electrons. The van der Waals surface area contributed by atoms with Crippen molar-refractivity contribution in [3.63, 3.8) is 0 Å². The van der Waals surface area contributed by atoms with Crippen LogP contribution in [-0.4, -0.2) is 24.2 Å². The van der Waals surface area contributed by atoms with E-state index in [1.165, 1.54) is 7.11 Å². The van der Waals surface area contributed by atoms with E-state index in [2.05, 4.69) is 0 Å². The van der Waals surface area contributed by atoms with E-state index in [9.17, 15) is 9.90 Å². The minimum absolute atomic E-state index is 0.193. The first kappa shape index (κ1) is 13.3. The number of aliphatic hydroxyl groups excluding tert-OH is 1. The number of benzene rings is 1. The average molecular weight is 239 g/mol. The molecular formula is C12H17NO4. The summed E-state index contributed by atoms with van der Waals surface area (Å²) < 4.78 is 10.6. The first-order valence-electron chi connectivity index (χ1n) is 5.36. The number of methoxy groups -OCH3 is 1. The van der Waals surface area contributed by atoms with Crippen LogP contribution < -0.4 is 15.2 Å². The Balaban J connectivity index is 3.05. The number of carbonyl (C=O) groups excluding carboxylic acids is 1. The second-order valence-corrected chi connectivity index (χ2v) is 3.52. The molecule has 5 heteroatoms. The quantitative estimate of drug-likeness (QED) is 0.770. The van der Waals surface area contributed by atoms with Gasteiger partial charge in [-0.3, -0.25) is 4.79 Å². The van der Waals surface area contributed by atoms with Crippen molar-refractivity contribution < 1.29 is 19.4 Å². The van der Waals surface area contributed by atoms with Crippen LogP contribution in [0.3, 0.4) is 0 Å². The van der Waals surface area contributed by atoms with Gasteiger partial charge in [0.1, 0.15) is 0 Å². The van der Waals surface area contributed by atoms with Crippen molar-refractivity contribution in [1.82, 2.24) is 0 Å². The summed E-state index contributed by atoms with van der Waals surface area (Å²) in [5, 5.41) is 9.21. The molecule has 17 heavy (non-hydrogen) atoms. The van der Waals surface area contributed by atoms with Gasteiger partial charge in [-0.1, -0.05) is 19.1 Å². The Morgan fingerprint density at radius 3 is 2.71 bits per heavy atom. The van der Waals surface area contributed by atoms with E-state index in [1.807, 2.05) is 0 Å². The monoisotopic (exact) mass is 239 g/mol. The first-order chi connectivity index (χ1) is 8.13. The number of aliphatic hydroxyl groups is 1. The number of para-hydroxylation sites is 1. The predicted octanol–water partition coefficient (Wildman–Crippen LogP) is 0.830. The van der Waals surface area contributed by atoms with Crippen molar-refractivity contribution >= 4 is 5.91 Å². The minimum atomic E-state index is -0.725. The number of hydrogen-bond acceptors (Lipinski definition) is 4. The molecule has 1 unspecified atom stereocenters. The number of primary amides is 1. The van der Waals surface area contributed by atoms with Crippen molar-refractivity contribution in [2.75, 3.05) is 7.11 Å². The SMILES string of the molecule is CCC(Oc1c(CO)cccc1OC)C(N)=O. The molecule has 1 atom stereocenters. The van der Waals surface area contributed by atoms with E-state index >= 15 is 0 Å². The second-order valence-electron chi connectivity index (χ2n) is 3.52. The lowest BCUT2D eigenvalue weighted by molar-refractivity contribution is -0.124. The zero-order valence-electron chi connectivity index (χ0n) is 9.97. The van der Waals surface area contributed by atoms with Crippen LogP contribution in [0.5, 0.6) is 11.5 Å². The molecule has 94 valence electrons. The standard InChI is InChI=1S/C12H17NO4/c1-3-9(12(13)15)17-11-8(7-14)5-4-6-10(11)16-2/h4-6,9,14H,3,7H2,1-2H3,(H2,13,15). The largest absolute Gasteiger partial charge is 0.493 e. The molecule has 0 fully saturated rings. The summed E-state index contributed by atoms with van der Waals surface area (Å²) in [7, 11) is 1.49. The smallest absolute Gasteiger partial charge is 0.258 e. The van der Waals surface area contributed by atoms with Crippen molar-refractivity contribution in [1.29, 1.82) is 0 Å². The van der Waals surface area contributed by atoms with Gasteiger partial charge in [0.2, 0.25) is 0 Å². The molecule has 5 nitrogen and oxygen atoms in total. The van der Waals surface area contributed by atoms with E-state index in [-0.39, 0.29) is 6.61 Å². The topological polar surface area (TPSA) is 81.8 Å². The summed E-state index contributed by atoms with van der Waals surface area (Å²) in [4.78, 5) is 11.1. The van der Waals surface area contributed by atoms with Gasteiger partial charge in [-0.2, -0.15) is 0 Å². The van der Waals surface area contributed by atoms with Crippen molar-refractivity contribution in [3.05, 3.63) is 23.8 Å². The third-order valence-corrected chi connectivity index (χ3v) is 2.40. The molecule has 0 aliphatic carbocycles. The van der Waals surface area contributed by atoms with E-state index < -0.39 is 12.0 Å². The number of nitrogens with two attached hydrogens (primary N) is 1. The van der Waals surface area contributed by atoms with Crippen LogP contribution in [0.15, 0.2) is 18.2 Å². The maximum Gasteiger partial charge on any atom is 0.258 e. The van der Waals surface area contributed by atoms with Crippen LogP contribution in [0.4, 0.5) is 0 Å². The van der Waals surface area contributed by atoms with Gasteiger partial charge in [-0.25, -0.2) is 0 Å². The fourth-order valence-electron chi connectivity index (χ4n) is 1.47. The van der Waals surface area contributed by atoms with Gasteiger partial charge in [0, 0.05) is 5.56 Å². The van der Waals surface area contributed by atoms with E-state index in [0.29, 0.717) is 23.5 Å². The summed E-state index contributed by atoms with van der Waals surface area (Å²) in [6, 6.07) is 5.14. The van der Waals surface area contributed by atoms with Gasteiger partial charge < -0.3 is 20.3 Å². The summed E-state index contributed by atoms with van der Waals surface area (Å²) in [6.07, 6.45) is -0.269. The molecule has 0 aliphatic rings. The number of rotatable bonds is 6. The molecule has 0 aliphatic heterocycles. The Morgan fingerprint density at radius 2 is 2.24 bits per heavy atom. The van der Waals surface area contributed by atoms with Crippen LogP contribution in [-0.2, 0) is 11.4 Å². The van der Waals surface area contributed by atoms with E-state index in [1.54, 1.807) is 25.1 Å². The zero-order chi connectivity index (χ0) is 12.8. The van der Waals surface area contributed by atoms with Gasteiger partial charge in [-0.15, -0.1) is 0 Å². The third-order valence-electron chi connectivity index (χ3n) is 2.40. The molecule has 1 aromatic rings. The third kappa shape index (κ3) is 3.10. The van der Waals surface area contributed by atoms with Crippen molar-refractivity contribution in [2.24, 2.45) is 5.73 Å². The normalized spacial score (nSPS) is 11.9. The molecule has 0 aromatic heterocycles. The number of amides is 1. The highest BCUT2D eigenvalue weighted by Crippen LogP contribution is 2.32. The van der Waals surface area contributed by atoms with Crippen LogP contribution in [0, 0.1) is 0 Å². The molecule has 1 rings (SSSR count). The molecule has 0 heterocycles. The lowest BCUT2D eigenvalue weighted by atomic mass is 10.2. The number of hydrogen-bond donors (Lipinski definition) is 2. The maximum atomic E-state index is 11.1. The van der Waals surface area contributed by atoms with Crippen LogP contribution in [0.2, 0.25) is 0 Å². The van der Waals surface area contributed by atoms with Gasteiger partial charge in [0.05, 0.1) is 13.7 Å². The highest BCUT2D eigenvalue weighted by Gasteiger charge is 2.19. The van der Waals surface area contributed by atoms with Crippen LogP contribution in [0.25, 0.3) is 0 Å². The Bertz CT molecular complexity index is 370. The van der Waals surface area contributed by atoms with Gasteiger partial charge in [0.15, 0.2) is 17.6 Å². The average Bonchev–Trinajstić information content (AvgIpc) is 2.35. The van der Waals surface area contributed by atoms with Crippen LogP contribution in [0.1, 0.15) is 18.9 Å². The summed E-state index contributed by atoms with van der Waals surface area (Å²) >= 11 is 0. The molecule has 0 saturated heterocycles. The summed E-state index contributed by atoms with van der Waals surface area (Å²) in [5.41, 5.74) is 5.77. The lowest BCUT2D eigenvalue weighted by Gasteiger charge is -2.18. The number of carbonyl (C=O) groups is 1. The number of ether oxygens (including phenoxy) is 2. The lowest BCUT2D eigenvalue weighted by Crippen LogP contribution is -2.33. The molecule has 3 N–H and O–H groups in total. The maximum absolute atomic E-state index is 11.1. The fraction of sp³-hybridized carbons (Fsp3) is 0.417.